The summed E-state index contributed by atoms with van der Waals surface area (Å²) in [5.41, 5.74) is 5.17. The molecule has 0 amide bonds. The Morgan fingerprint density at radius 1 is 0.912 bits per heavy atom. The first-order valence-corrected chi connectivity index (χ1v) is 11.2. The third kappa shape index (κ3) is 4.17. The van der Waals surface area contributed by atoms with Crippen molar-refractivity contribution in [2.45, 2.75) is 19.9 Å². The summed E-state index contributed by atoms with van der Waals surface area (Å²) in [6, 6.07) is 22.6. The Kier molecular flexibility index (Phi) is 6.11. The van der Waals surface area contributed by atoms with Gasteiger partial charge in [0.2, 0.25) is 5.82 Å². The quantitative estimate of drug-likeness (QED) is 0.359. The number of hydrogen-bond acceptors (Lipinski definition) is 7. The topological polar surface area (TPSA) is 92.7 Å². The molecule has 0 atom stereocenters. The molecule has 0 bridgehead atoms. The number of nitrogens with one attached hydrogen (secondary N) is 1. The standard InChI is InChI=1S/C26H25N7O/c1-3-15-33(26-24-22(27-17-28-26)9-6-10-23(24)34-2)16-18-11-13-19(14-12-18)20-7-4-5-8-21(20)25-29-31-32-30-25/h4-14,17H,3,15-16H2,1-2H3,(H,29,30,31,32). The number of aromatic amines is 1. The summed E-state index contributed by atoms with van der Waals surface area (Å²) in [4.78, 5) is 11.4. The number of H-pyrrole nitrogens is 1. The summed E-state index contributed by atoms with van der Waals surface area (Å²) in [7, 11) is 1.68. The van der Waals surface area contributed by atoms with Gasteiger partial charge < -0.3 is 9.64 Å². The van der Waals surface area contributed by atoms with E-state index in [-0.39, 0.29) is 0 Å². The number of rotatable bonds is 8. The van der Waals surface area contributed by atoms with Crippen LogP contribution in [0.25, 0.3) is 33.4 Å². The Bertz CT molecular complexity index is 1380. The van der Waals surface area contributed by atoms with E-state index in [0.29, 0.717) is 5.82 Å². The van der Waals surface area contributed by atoms with E-state index in [0.717, 1.165) is 58.7 Å². The number of nitrogens with zero attached hydrogens (tertiary/aromatic N) is 6. The summed E-state index contributed by atoms with van der Waals surface area (Å²) in [5, 5.41) is 15.5. The van der Waals surface area contributed by atoms with Crippen LogP contribution < -0.4 is 9.64 Å². The van der Waals surface area contributed by atoms with Crippen LogP contribution in [0.1, 0.15) is 18.9 Å². The second-order valence-electron chi connectivity index (χ2n) is 7.95. The van der Waals surface area contributed by atoms with Crippen LogP contribution in [0.3, 0.4) is 0 Å². The summed E-state index contributed by atoms with van der Waals surface area (Å²) < 4.78 is 5.63. The minimum absolute atomic E-state index is 0.582. The number of anilines is 1. The first-order chi connectivity index (χ1) is 16.8. The molecular formula is C26H25N7O. The van der Waals surface area contributed by atoms with Crippen LogP contribution in [0, 0.1) is 0 Å². The van der Waals surface area contributed by atoms with Gasteiger partial charge in [-0.2, -0.15) is 5.21 Å². The summed E-state index contributed by atoms with van der Waals surface area (Å²) in [6.45, 7) is 3.77. The first-order valence-electron chi connectivity index (χ1n) is 11.2. The molecule has 0 saturated carbocycles. The van der Waals surface area contributed by atoms with E-state index in [1.807, 2.05) is 36.4 Å². The smallest absolute Gasteiger partial charge is 0.205 e. The number of hydrogen-bond donors (Lipinski definition) is 1. The Balaban J connectivity index is 1.47. The molecule has 2 heterocycles. The average molecular weight is 452 g/mol. The Hall–Kier alpha value is -4.33. The van der Waals surface area contributed by atoms with Crippen LogP contribution >= 0.6 is 0 Å². The SMILES string of the molecule is CCCN(Cc1ccc(-c2ccccc2-c2nn[nH]n2)cc1)c1ncnc2cccc(OC)c12. The van der Waals surface area contributed by atoms with Crippen molar-refractivity contribution in [2.24, 2.45) is 0 Å². The highest BCUT2D eigenvalue weighted by molar-refractivity contribution is 5.94. The van der Waals surface area contributed by atoms with Crippen molar-refractivity contribution >= 4 is 16.7 Å². The second-order valence-corrected chi connectivity index (χ2v) is 7.95. The van der Waals surface area contributed by atoms with Crippen LogP contribution in [0.5, 0.6) is 5.75 Å². The van der Waals surface area contributed by atoms with Gasteiger partial charge in [0.05, 0.1) is 18.0 Å². The molecule has 0 saturated heterocycles. The van der Waals surface area contributed by atoms with Crippen molar-refractivity contribution < 1.29 is 4.74 Å². The van der Waals surface area contributed by atoms with E-state index in [2.05, 4.69) is 72.7 Å². The fraction of sp³-hybridized carbons (Fsp3) is 0.192. The molecule has 2 aromatic heterocycles. The molecule has 0 unspecified atom stereocenters. The number of aromatic nitrogens is 6. The zero-order valence-corrected chi connectivity index (χ0v) is 19.1. The molecule has 0 aliphatic carbocycles. The van der Waals surface area contributed by atoms with Crippen molar-refractivity contribution in [3.05, 3.63) is 78.6 Å². The van der Waals surface area contributed by atoms with E-state index >= 15 is 0 Å². The largest absolute Gasteiger partial charge is 0.496 e. The predicted octanol–water partition coefficient (Wildman–Crippen LogP) is 4.90. The summed E-state index contributed by atoms with van der Waals surface area (Å²) in [5.74, 6) is 2.25. The van der Waals surface area contributed by atoms with Crippen LogP contribution in [0.15, 0.2) is 73.1 Å². The minimum atomic E-state index is 0.582. The number of methoxy groups -OCH3 is 1. The van der Waals surface area contributed by atoms with Gasteiger partial charge in [-0.25, -0.2) is 9.97 Å². The van der Waals surface area contributed by atoms with E-state index in [1.54, 1.807) is 13.4 Å². The highest BCUT2D eigenvalue weighted by atomic mass is 16.5. The third-order valence-corrected chi connectivity index (χ3v) is 5.77. The number of fused-ring (bicyclic) bond motifs is 1. The first kappa shape index (κ1) is 21.5. The van der Waals surface area contributed by atoms with Gasteiger partial charge in [-0.3, -0.25) is 0 Å². The molecule has 0 spiro atoms. The van der Waals surface area contributed by atoms with Crippen LogP contribution in [-0.2, 0) is 6.54 Å². The van der Waals surface area contributed by atoms with Crippen molar-refractivity contribution in [3.8, 4) is 28.3 Å². The lowest BCUT2D eigenvalue weighted by Gasteiger charge is -2.25. The molecule has 5 aromatic rings. The van der Waals surface area contributed by atoms with Gasteiger partial charge in [-0.1, -0.05) is 61.5 Å². The zero-order chi connectivity index (χ0) is 23.3. The zero-order valence-electron chi connectivity index (χ0n) is 19.1. The molecule has 3 aromatic carbocycles. The molecule has 8 heteroatoms. The Labute approximate surface area is 197 Å². The average Bonchev–Trinajstić information content (AvgIpc) is 3.43. The fourth-order valence-electron chi connectivity index (χ4n) is 4.22. The van der Waals surface area contributed by atoms with Crippen molar-refractivity contribution in [2.75, 3.05) is 18.6 Å². The summed E-state index contributed by atoms with van der Waals surface area (Å²) in [6.07, 6.45) is 2.62. The molecule has 34 heavy (non-hydrogen) atoms. The van der Waals surface area contributed by atoms with Gasteiger partial charge >= 0.3 is 0 Å². The van der Waals surface area contributed by atoms with E-state index in [4.69, 9.17) is 4.74 Å². The predicted molar refractivity (Wildman–Crippen MR) is 132 cm³/mol. The van der Waals surface area contributed by atoms with Crippen LogP contribution in [-0.4, -0.2) is 44.2 Å². The fourth-order valence-corrected chi connectivity index (χ4v) is 4.22. The molecule has 0 aliphatic rings. The normalized spacial score (nSPS) is 11.0. The van der Waals surface area contributed by atoms with Crippen molar-refractivity contribution in [1.29, 1.82) is 0 Å². The maximum atomic E-state index is 5.63. The summed E-state index contributed by atoms with van der Waals surface area (Å²) >= 11 is 0. The van der Waals surface area contributed by atoms with Crippen molar-refractivity contribution in [1.82, 2.24) is 30.6 Å². The lowest BCUT2D eigenvalue weighted by atomic mass is 9.98. The molecule has 1 N–H and O–H groups in total. The number of ether oxygens (including phenoxy) is 1. The molecule has 8 nitrogen and oxygen atoms in total. The Morgan fingerprint density at radius 3 is 2.47 bits per heavy atom. The molecule has 0 aliphatic heterocycles. The number of benzene rings is 3. The maximum absolute atomic E-state index is 5.63. The van der Waals surface area contributed by atoms with Gasteiger partial charge in [0.15, 0.2) is 0 Å². The van der Waals surface area contributed by atoms with E-state index < -0.39 is 0 Å². The molecule has 170 valence electrons. The monoisotopic (exact) mass is 451 g/mol. The third-order valence-electron chi connectivity index (χ3n) is 5.77. The molecule has 5 rings (SSSR count). The van der Waals surface area contributed by atoms with Gasteiger partial charge in [0.1, 0.15) is 17.9 Å². The Morgan fingerprint density at radius 2 is 1.74 bits per heavy atom. The van der Waals surface area contributed by atoms with Gasteiger partial charge in [-0.05, 0) is 40.5 Å². The van der Waals surface area contributed by atoms with Gasteiger partial charge in [0.25, 0.3) is 0 Å². The lowest BCUT2D eigenvalue weighted by molar-refractivity contribution is 0.419. The molecule has 0 radical (unpaired) electrons. The van der Waals surface area contributed by atoms with Gasteiger partial charge in [-0.15, -0.1) is 10.2 Å². The van der Waals surface area contributed by atoms with Gasteiger partial charge in [0, 0.05) is 18.7 Å². The van der Waals surface area contributed by atoms with Crippen molar-refractivity contribution in [3.63, 3.8) is 0 Å². The highest BCUT2D eigenvalue weighted by Crippen LogP contribution is 2.33. The lowest BCUT2D eigenvalue weighted by Crippen LogP contribution is -2.25. The van der Waals surface area contributed by atoms with E-state index in [9.17, 15) is 0 Å². The highest BCUT2D eigenvalue weighted by Gasteiger charge is 2.16. The number of tetrazole rings is 1. The van der Waals surface area contributed by atoms with E-state index in [1.165, 1.54) is 5.56 Å². The maximum Gasteiger partial charge on any atom is 0.205 e. The van der Waals surface area contributed by atoms with Crippen LogP contribution in [0.2, 0.25) is 0 Å². The minimum Gasteiger partial charge on any atom is -0.496 e. The second kappa shape index (κ2) is 9.66. The molecular weight excluding hydrogens is 426 g/mol. The molecule has 0 fully saturated rings. The van der Waals surface area contributed by atoms with Crippen LogP contribution in [0.4, 0.5) is 5.82 Å².